The first kappa shape index (κ1) is 33.2. The van der Waals surface area contributed by atoms with Gasteiger partial charge < -0.3 is 9.47 Å². The van der Waals surface area contributed by atoms with Gasteiger partial charge in [0.15, 0.2) is 0 Å². The van der Waals surface area contributed by atoms with Crippen molar-refractivity contribution in [2.24, 2.45) is 0 Å². The summed E-state index contributed by atoms with van der Waals surface area (Å²) in [5, 5.41) is 1.31. The number of aromatic nitrogens is 2. The van der Waals surface area contributed by atoms with Crippen LogP contribution in [0.3, 0.4) is 0 Å². The van der Waals surface area contributed by atoms with E-state index in [9.17, 15) is 0 Å². The zero-order valence-corrected chi connectivity index (χ0v) is 31.6. The molecule has 0 radical (unpaired) electrons. The Labute approximate surface area is 330 Å². The van der Waals surface area contributed by atoms with Crippen LogP contribution >= 0.6 is 0 Å². The van der Waals surface area contributed by atoms with Gasteiger partial charge in [-0.15, -0.1) is 0 Å². The van der Waals surface area contributed by atoms with Gasteiger partial charge in [0.1, 0.15) is 0 Å². The third-order valence-electron chi connectivity index (χ3n) is 13.0. The van der Waals surface area contributed by atoms with E-state index in [4.69, 9.17) is 0 Å². The van der Waals surface area contributed by atoms with Gasteiger partial charge in [0.05, 0.1) is 5.52 Å². The van der Waals surface area contributed by atoms with Crippen LogP contribution in [0.25, 0.3) is 50.5 Å². The zero-order chi connectivity index (χ0) is 37.0. The maximum Gasteiger partial charge on any atom is 0.0537 e. The SMILES string of the molecule is C1=CC2c3cc(C4C=Cc5c(n(-c6cc(-c7ccccc7)cc(-c7ccncc7)c6)c6ccccc56)C4)ccc3N(C3CCC=C(c4ccccc4)C3)C2CC1. The highest BCUT2D eigenvalue weighted by molar-refractivity contribution is 5.94. The predicted molar refractivity (Wildman–Crippen MR) is 233 cm³/mol. The van der Waals surface area contributed by atoms with Crippen molar-refractivity contribution in [1.29, 1.82) is 0 Å². The van der Waals surface area contributed by atoms with Crippen LogP contribution in [0.2, 0.25) is 0 Å². The molecule has 56 heavy (non-hydrogen) atoms. The molecule has 0 N–H and O–H groups in total. The van der Waals surface area contributed by atoms with Crippen molar-refractivity contribution in [1.82, 2.24) is 9.55 Å². The number of para-hydroxylation sites is 1. The van der Waals surface area contributed by atoms with Crippen LogP contribution in [-0.2, 0) is 6.42 Å². The van der Waals surface area contributed by atoms with Crippen LogP contribution in [0.4, 0.5) is 5.69 Å². The number of nitrogens with zero attached hydrogens (tertiary/aromatic N) is 3. The molecule has 11 rings (SSSR count). The van der Waals surface area contributed by atoms with Crippen molar-refractivity contribution >= 4 is 28.2 Å². The van der Waals surface area contributed by atoms with Crippen LogP contribution in [-0.4, -0.2) is 21.6 Å². The smallest absolute Gasteiger partial charge is 0.0537 e. The third-order valence-corrected chi connectivity index (χ3v) is 13.0. The molecule has 272 valence electrons. The Kier molecular flexibility index (Phi) is 8.19. The van der Waals surface area contributed by atoms with Gasteiger partial charge in [-0.2, -0.15) is 0 Å². The zero-order valence-electron chi connectivity index (χ0n) is 31.6. The van der Waals surface area contributed by atoms with E-state index in [2.05, 4.69) is 178 Å². The highest BCUT2D eigenvalue weighted by Gasteiger charge is 2.42. The Morgan fingerprint density at radius 1 is 0.607 bits per heavy atom. The van der Waals surface area contributed by atoms with E-state index in [1.54, 1.807) is 0 Å². The number of allylic oxidation sites excluding steroid dienone is 3. The fourth-order valence-corrected chi connectivity index (χ4v) is 10.4. The van der Waals surface area contributed by atoms with Crippen LogP contribution in [0.15, 0.2) is 170 Å². The largest absolute Gasteiger partial charge is 0.364 e. The Balaban J connectivity index is 0.982. The molecule has 3 heteroatoms. The molecule has 5 aromatic carbocycles. The highest BCUT2D eigenvalue weighted by Crippen LogP contribution is 2.50. The second-order valence-electron chi connectivity index (χ2n) is 16.1. The minimum absolute atomic E-state index is 0.287. The molecule has 3 nitrogen and oxygen atoms in total. The van der Waals surface area contributed by atoms with E-state index < -0.39 is 0 Å². The number of fused-ring (bicyclic) bond motifs is 6. The summed E-state index contributed by atoms with van der Waals surface area (Å²) in [5.41, 5.74) is 17.3. The molecule has 0 spiro atoms. The standard InChI is InChI=1S/C53H45N3/c1-3-12-36(13-4-1)39-16-11-17-44(31-39)55-51-21-10-8-19-47(51)49-34-40(23-25-52(49)55)41-22-24-48-46-18-7-9-20-50(46)56(53(48)35-41)45-32-42(37-14-5-2-6-15-37)30-43(33-45)38-26-28-54-29-27-38/h1-9,12-16,18-20,22-30,32-34,41,44,47,51H,10-11,17,21,31,35H2. The lowest BCUT2D eigenvalue weighted by atomic mass is 9.83. The van der Waals surface area contributed by atoms with Gasteiger partial charge in [0.25, 0.3) is 0 Å². The van der Waals surface area contributed by atoms with Crippen molar-refractivity contribution in [3.63, 3.8) is 0 Å². The molecule has 0 fully saturated rings. The van der Waals surface area contributed by atoms with Gasteiger partial charge in [-0.25, -0.2) is 0 Å². The second-order valence-corrected chi connectivity index (χ2v) is 16.1. The van der Waals surface area contributed by atoms with Gasteiger partial charge in [0.2, 0.25) is 0 Å². The first-order valence-corrected chi connectivity index (χ1v) is 20.5. The Morgan fingerprint density at radius 3 is 2.18 bits per heavy atom. The van der Waals surface area contributed by atoms with Crippen molar-refractivity contribution < 1.29 is 0 Å². The number of benzene rings is 5. The molecule has 1 aliphatic heterocycles. The number of hydrogen-bond donors (Lipinski definition) is 0. The first-order valence-electron chi connectivity index (χ1n) is 20.5. The molecule has 4 unspecified atom stereocenters. The first-order chi connectivity index (χ1) is 27.8. The summed E-state index contributed by atoms with van der Waals surface area (Å²) >= 11 is 0. The summed E-state index contributed by atoms with van der Waals surface area (Å²) in [5.74, 6) is 0.738. The molecular formula is C53H45N3. The van der Waals surface area contributed by atoms with E-state index in [0.29, 0.717) is 18.0 Å². The van der Waals surface area contributed by atoms with E-state index >= 15 is 0 Å². The van der Waals surface area contributed by atoms with Crippen LogP contribution in [0, 0.1) is 0 Å². The molecule has 4 aliphatic rings. The molecule has 0 amide bonds. The van der Waals surface area contributed by atoms with E-state index in [1.165, 1.54) is 97.3 Å². The van der Waals surface area contributed by atoms with Crippen LogP contribution < -0.4 is 4.90 Å². The normalized spacial score (nSPS) is 21.1. The maximum absolute atomic E-state index is 4.32. The van der Waals surface area contributed by atoms with Crippen molar-refractivity contribution in [2.45, 2.75) is 62.4 Å². The molecule has 7 aromatic rings. The second kappa shape index (κ2) is 13.8. The summed E-state index contributed by atoms with van der Waals surface area (Å²) in [6, 6.07) is 50.7. The van der Waals surface area contributed by atoms with Crippen molar-refractivity contribution in [3.8, 4) is 27.9 Å². The molecule has 0 saturated heterocycles. The number of pyridine rings is 1. The summed E-state index contributed by atoms with van der Waals surface area (Å²) < 4.78 is 2.55. The van der Waals surface area contributed by atoms with Crippen LogP contribution in [0.5, 0.6) is 0 Å². The lowest BCUT2D eigenvalue weighted by molar-refractivity contribution is 0.452. The maximum atomic E-state index is 4.32. The van der Waals surface area contributed by atoms with Gasteiger partial charge in [-0.3, -0.25) is 4.98 Å². The molecule has 3 heterocycles. The molecular weight excluding hydrogens is 679 g/mol. The number of rotatable bonds is 6. The van der Waals surface area contributed by atoms with E-state index in [1.807, 2.05) is 12.4 Å². The topological polar surface area (TPSA) is 21.1 Å². The predicted octanol–water partition coefficient (Wildman–Crippen LogP) is 13.0. The fourth-order valence-electron chi connectivity index (χ4n) is 10.4. The molecule has 0 saturated carbocycles. The highest BCUT2D eigenvalue weighted by atomic mass is 15.2. The lowest BCUT2D eigenvalue weighted by Gasteiger charge is -2.40. The van der Waals surface area contributed by atoms with Crippen molar-refractivity contribution in [3.05, 3.63) is 198 Å². The summed E-state index contributed by atoms with van der Waals surface area (Å²) in [7, 11) is 0. The van der Waals surface area contributed by atoms with Gasteiger partial charge in [-0.1, -0.05) is 121 Å². The van der Waals surface area contributed by atoms with Gasteiger partial charge in [-0.05, 0) is 126 Å². The van der Waals surface area contributed by atoms with Gasteiger partial charge in [0, 0.05) is 64.3 Å². The Bertz CT molecular complexity index is 2610. The molecule has 4 atom stereocenters. The van der Waals surface area contributed by atoms with Crippen molar-refractivity contribution in [2.75, 3.05) is 4.90 Å². The number of anilines is 1. The quantitative estimate of drug-likeness (QED) is 0.159. The monoisotopic (exact) mass is 723 g/mol. The van der Waals surface area contributed by atoms with Crippen LogP contribution in [0.1, 0.15) is 71.9 Å². The average Bonchev–Trinajstić information content (AvgIpc) is 3.79. The van der Waals surface area contributed by atoms with Gasteiger partial charge >= 0.3 is 0 Å². The minimum Gasteiger partial charge on any atom is -0.364 e. The summed E-state index contributed by atoms with van der Waals surface area (Å²) in [4.78, 5) is 7.18. The average molecular weight is 724 g/mol. The number of hydrogen-bond acceptors (Lipinski definition) is 2. The fraction of sp³-hybridized carbons (Fsp3) is 0.189. The van der Waals surface area contributed by atoms with E-state index in [-0.39, 0.29) is 5.92 Å². The summed E-state index contributed by atoms with van der Waals surface area (Å²) in [6.07, 6.45) is 22.9. The summed E-state index contributed by atoms with van der Waals surface area (Å²) in [6.45, 7) is 0. The third kappa shape index (κ3) is 5.68. The molecule has 0 bridgehead atoms. The minimum atomic E-state index is 0.287. The van der Waals surface area contributed by atoms with E-state index in [0.717, 1.165) is 19.3 Å². The Morgan fingerprint density at radius 2 is 1.36 bits per heavy atom. The molecule has 3 aliphatic carbocycles. The molecule has 2 aromatic heterocycles. The lowest BCUT2D eigenvalue weighted by Crippen LogP contribution is -2.43. The Hall–Kier alpha value is -6.19.